The first kappa shape index (κ1) is 31.7. The smallest absolute Gasteiger partial charge is 0.326 e. The highest BCUT2D eigenvalue weighted by molar-refractivity contribution is 5.96. The van der Waals surface area contributed by atoms with E-state index < -0.39 is 78.5 Å². The molecule has 0 aliphatic rings. The zero-order valence-electron chi connectivity index (χ0n) is 20.1. The van der Waals surface area contributed by atoms with Crippen LogP contribution in [0.25, 0.3) is 0 Å². The first-order chi connectivity index (χ1) is 16.3. The number of carbonyl (C=O) groups excluding carboxylic acids is 4. The summed E-state index contributed by atoms with van der Waals surface area (Å²) < 4.78 is 0. The van der Waals surface area contributed by atoms with Crippen LogP contribution in [0.15, 0.2) is 0 Å². The molecular formula is C21H38N6O8. The number of carboxylic acid groups (broad SMARTS) is 2. The quantitative estimate of drug-likeness (QED) is 0.0935. The number of nitrogens with one attached hydrogen (secondary N) is 3. The molecule has 5 atom stereocenters. The number of hydrogen-bond donors (Lipinski definition) is 8. The highest BCUT2D eigenvalue weighted by Crippen LogP contribution is 2.11. The molecule has 0 saturated carbocycles. The molecule has 0 rings (SSSR count). The minimum absolute atomic E-state index is 0.304. The van der Waals surface area contributed by atoms with E-state index in [4.69, 9.17) is 22.3 Å². The van der Waals surface area contributed by atoms with Crippen LogP contribution in [-0.2, 0) is 28.8 Å². The van der Waals surface area contributed by atoms with Crippen LogP contribution in [0.1, 0.15) is 58.8 Å². The Kier molecular flexibility index (Phi) is 14.9. The van der Waals surface area contributed by atoms with Crippen LogP contribution >= 0.6 is 0 Å². The Morgan fingerprint density at radius 3 is 1.94 bits per heavy atom. The fourth-order valence-electron chi connectivity index (χ4n) is 3.07. The molecule has 0 spiro atoms. The lowest BCUT2D eigenvalue weighted by Crippen LogP contribution is -2.59. The molecule has 14 nitrogen and oxygen atoms in total. The highest BCUT2D eigenvalue weighted by Gasteiger charge is 2.33. The largest absolute Gasteiger partial charge is 0.481 e. The molecule has 0 aliphatic heterocycles. The first-order valence-electron chi connectivity index (χ1n) is 11.4. The van der Waals surface area contributed by atoms with Gasteiger partial charge in [0.05, 0.1) is 12.5 Å². The van der Waals surface area contributed by atoms with E-state index in [1.54, 1.807) is 13.8 Å². The van der Waals surface area contributed by atoms with Crippen molar-refractivity contribution in [3.63, 3.8) is 0 Å². The summed E-state index contributed by atoms with van der Waals surface area (Å²) >= 11 is 0. The number of amides is 4. The summed E-state index contributed by atoms with van der Waals surface area (Å²) in [5.41, 5.74) is 16.4. The third-order valence-corrected chi connectivity index (χ3v) is 5.40. The molecule has 0 aromatic rings. The van der Waals surface area contributed by atoms with E-state index in [9.17, 15) is 33.9 Å². The summed E-state index contributed by atoms with van der Waals surface area (Å²) in [6.07, 6.45) is 0.541. The number of rotatable bonds is 18. The van der Waals surface area contributed by atoms with Crippen LogP contribution in [-0.4, -0.2) is 76.5 Å². The van der Waals surface area contributed by atoms with Gasteiger partial charge in [0.25, 0.3) is 0 Å². The maximum atomic E-state index is 12.9. The fraction of sp³-hybridized carbons (Fsp3) is 0.714. The molecular weight excluding hydrogens is 464 g/mol. The molecule has 4 amide bonds. The average molecular weight is 503 g/mol. The summed E-state index contributed by atoms with van der Waals surface area (Å²) in [5, 5.41) is 25.1. The zero-order valence-corrected chi connectivity index (χ0v) is 20.1. The van der Waals surface area contributed by atoms with Gasteiger partial charge in [0.15, 0.2) is 0 Å². The molecule has 0 radical (unpaired) electrons. The van der Waals surface area contributed by atoms with Gasteiger partial charge >= 0.3 is 11.9 Å². The van der Waals surface area contributed by atoms with Crippen molar-refractivity contribution >= 4 is 35.6 Å². The van der Waals surface area contributed by atoms with Gasteiger partial charge in [-0.05, 0) is 31.7 Å². The van der Waals surface area contributed by atoms with E-state index >= 15 is 0 Å². The Balaban J connectivity index is 5.50. The van der Waals surface area contributed by atoms with Crippen molar-refractivity contribution in [2.24, 2.45) is 23.1 Å². The number of carboxylic acids is 2. The van der Waals surface area contributed by atoms with Gasteiger partial charge in [0.2, 0.25) is 23.6 Å². The lowest BCUT2D eigenvalue weighted by molar-refractivity contribution is -0.144. The van der Waals surface area contributed by atoms with Gasteiger partial charge in [-0.15, -0.1) is 0 Å². The van der Waals surface area contributed by atoms with Crippen LogP contribution in [0.4, 0.5) is 0 Å². The molecule has 0 bridgehead atoms. The molecule has 0 aliphatic carbocycles. The van der Waals surface area contributed by atoms with Crippen LogP contribution in [0, 0.1) is 5.92 Å². The van der Waals surface area contributed by atoms with Crippen molar-refractivity contribution in [1.82, 2.24) is 16.0 Å². The van der Waals surface area contributed by atoms with Crippen LogP contribution in [0.2, 0.25) is 0 Å². The van der Waals surface area contributed by atoms with E-state index in [-0.39, 0.29) is 6.42 Å². The summed E-state index contributed by atoms with van der Waals surface area (Å²) in [5.74, 6) is -6.45. The van der Waals surface area contributed by atoms with Gasteiger partial charge in [0.1, 0.15) is 18.1 Å². The normalized spacial score (nSPS) is 15.1. The average Bonchev–Trinajstić information content (AvgIpc) is 2.78. The molecule has 0 saturated heterocycles. The molecule has 200 valence electrons. The number of aliphatic carboxylic acids is 2. The fourth-order valence-corrected chi connectivity index (χ4v) is 3.07. The lowest BCUT2D eigenvalue weighted by Gasteiger charge is -2.27. The van der Waals surface area contributed by atoms with Crippen molar-refractivity contribution in [1.29, 1.82) is 0 Å². The topological polar surface area (TPSA) is 257 Å². The number of hydrogen-bond acceptors (Lipinski definition) is 8. The van der Waals surface area contributed by atoms with Crippen LogP contribution < -0.4 is 33.2 Å². The van der Waals surface area contributed by atoms with Crippen LogP contribution in [0.3, 0.4) is 0 Å². The maximum Gasteiger partial charge on any atom is 0.326 e. The minimum atomic E-state index is -1.49. The highest BCUT2D eigenvalue weighted by atomic mass is 16.4. The van der Waals surface area contributed by atoms with Crippen molar-refractivity contribution in [3.8, 4) is 0 Å². The van der Waals surface area contributed by atoms with Crippen molar-refractivity contribution in [2.45, 2.75) is 83.0 Å². The third kappa shape index (κ3) is 12.7. The van der Waals surface area contributed by atoms with E-state index in [1.165, 1.54) is 0 Å². The predicted molar refractivity (Wildman–Crippen MR) is 124 cm³/mol. The number of nitrogens with two attached hydrogens (primary N) is 3. The molecule has 14 heteroatoms. The second-order valence-corrected chi connectivity index (χ2v) is 8.33. The molecule has 5 unspecified atom stereocenters. The van der Waals surface area contributed by atoms with Crippen molar-refractivity contribution in [2.75, 3.05) is 6.54 Å². The summed E-state index contributed by atoms with van der Waals surface area (Å²) in [7, 11) is 0. The van der Waals surface area contributed by atoms with Gasteiger partial charge in [-0.2, -0.15) is 0 Å². The minimum Gasteiger partial charge on any atom is -0.481 e. The second-order valence-electron chi connectivity index (χ2n) is 8.33. The van der Waals surface area contributed by atoms with Gasteiger partial charge in [-0.1, -0.05) is 26.7 Å². The van der Waals surface area contributed by atoms with Gasteiger partial charge in [0, 0.05) is 6.42 Å². The SMILES string of the molecule is CCC(C)C(NC(=O)C(CC(N)=O)NC(=O)C(N)CCCCN)C(=O)NC(CCC(=O)O)C(=O)O. The van der Waals surface area contributed by atoms with Crippen molar-refractivity contribution < 1.29 is 39.0 Å². The Morgan fingerprint density at radius 1 is 0.857 bits per heavy atom. The first-order valence-corrected chi connectivity index (χ1v) is 11.4. The van der Waals surface area contributed by atoms with E-state index in [0.29, 0.717) is 32.2 Å². The third-order valence-electron chi connectivity index (χ3n) is 5.40. The van der Waals surface area contributed by atoms with Crippen LogP contribution in [0.5, 0.6) is 0 Å². The van der Waals surface area contributed by atoms with E-state index in [2.05, 4.69) is 16.0 Å². The number of carbonyl (C=O) groups is 6. The van der Waals surface area contributed by atoms with Gasteiger partial charge < -0.3 is 43.4 Å². The zero-order chi connectivity index (χ0) is 27.1. The molecule has 0 heterocycles. The Bertz CT molecular complexity index is 762. The summed E-state index contributed by atoms with van der Waals surface area (Å²) in [6.45, 7) is 3.80. The van der Waals surface area contributed by atoms with Gasteiger partial charge in [-0.25, -0.2) is 4.79 Å². The summed E-state index contributed by atoms with van der Waals surface area (Å²) in [6, 6.07) is -5.09. The lowest BCUT2D eigenvalue weighted by atomic mass is 9.97. The van der Waals surface area contributed by atoms with E-state index in [0.717, 1.165) is 0 Å². The Labute approximate surface area is 203 Å². The monoisotopic (exact) mass is 502 g/mol. The standard InChI is InChI=1S/C21H38N6O8/c1-3-11(2)17(20(33)25-13(21(34)35)7-8-16(29)30)27-19(32)14(10-15(24)28)26-18(31)12(23)6-4-5-9-22/h11-14,17H,3-10,22-23H2,1-2H3,(H2,24,28)(H,25,33)(H,26,31)(H,27,32)(H,29,30)(H,34,35). The molecule has 0 aromatic heterocycles. The number of unbranched alkanes of at least 4 members (excludes halogenated alkanes) is 1. The molecule has 35 heavy (non-hydrogen) atoms. The maximum absolute atomic E-state index is 12.9. The summed E-state index contributed by atoms with van der Waals surface area (Å²) in [4.78, 5) is 71.8. The molecule has 0 fully saturated rings. The Morgan fingerprint density at radius 2 is 1.46 bits per heavy atom. The molecule has 11 N–H and O–H groups in total. The van der Waals surface area contributed by atoms with E-state index in [1.807, 2.05) is 0 Å². The van der Waals surface area contributed by atoms with Crippen molar-refractivity contribution in [3.05, 3.63) is 0 Å². The predicted octanol–water partition coefficient (Wildman–Crippen LogP) is -2.23. The second kappa shape index (κ2) is 16.4. The van der Waals surface area contributed by atoms with Gasteiger partial charge in [-0.3, -0.25) is 24.0 Å². The number of primary amides is 1. The molecule has 0 aromatic carbocycles. The Hall–Kier alpha value is -3.26.